The van der Waals surface area contributed by atoms with Crippen LogP contribution in [0.3, 0.4) is 0 Å². The first-order chi connectivity index (χ1) is 6.55. The standard InChI is InChI=1S/C12H23NO/c1-6-7-8-9-11(13-4)10-12(2,3)14-5/h11,13H,8-10H2,1-5H3. The molecule has 0 heterocycles. The maximum atomic E-state index is 5.40. The molecule has 0 aliphatic carbocycles. The summed E-state index contributed by atoms with van der Waals surface area (Å²) >= 11 is 0. The molecule has 1 N–H and O–H groups in total. The Labute approximate surface area is 88.4 Å². The molecule has 0 fully saturated rings. The van der Waals surface area contributed by atoms with Crippen molar-refractivity contribution < 1.29 is 4.74 Å². The van der Waals surface area contributed by atoms with Crippen LogP contribution < -0.4 is 5.32 Å². The summed E-state index contributed by atoms with van der Waals surface area (Å²) in [5.41, 5.74) is -0.0483. The van der Waals surface area contributed by atoms with Crippen molar-refractivity contribution in [2.75, 3.05) is 14.2 Å². The van der Waals surface area contributed by atoms with Gasteiger partial charge in [0.1, 0.15) is 0 Å². The van der Waals surface area contributed by atoms with Gasteiger partial charge in [0.05, 0.1) is 5.60 Å². The lowest BCUT2D eigenvalue weighted by atomic mass is 9.96. The summed E-state index contributed by atoms with van der Waals surface area (Å²) in [5.74, 6) is 6.00. The SMILES string of the molecule is CC#CCCC(CC(C)(C)OC)NC. The molecule has 0 radical (unpaired) electrons. The van der Waals surface area contributed by atoms with E-state index in [0.717, 1.165) is 19.3 Å². The van der Waals surface area contributed by atoms with Gasteiger partial charge < -0.3 is 10.1 Å². The number of hydrogen-bond donors (Lipinski definition) is 1. The predicted octanol–water partition coefficient (Wildman–Crippen LogP) is 2.19. The van der Waals surface area contributed by atoms with Crippen molar-refractivity contribution in [1.29, 1.82) is 0 Å². The topological polar surface area (TPSA) is 21.3 Å². The predicted molar refractivity (Wildman–Crippen MR) is 61.2 cm³/mol. The summed E-state index contributed by atoms with van der Waals surface area (Å²) in [4.78, 5) is 0. The van der Waals surface area contributed by atoms with Crippen molar-refractivity contribution in [3.63, 3.8) is 0 Å². The van der Waals surface area contributed by atoms with Crippen molar-refractivity contribution in [2.24, 2.45) is 0 Å². The lowest BCUT2D eigenvalue weighted by Gasteiger charge is -2.28. The third-order valence-electron chi connectivity index (χ3n) is 2.49. The van der Waals surface area contributed by atoms with Crippen molar-refractivity contribution in [3.8, 4) is 11.8 Å². The van der Waals surface area contributed by atoms with E-state index in [-0.39, 0.29) is 5.60 Å². The molecule has 0 aliphatic rings. The van der Waals surface area contributed by atoms with Gasteiger partial charge in [0.15, 0.2) is 0 Å². The van der Waals surface area contributed by atoms with Gasteiger partial charge in [0.2, 0.25) is 0 Å². The second-order valence-electron chi connectivity index (χ2n) is 4.12. The average Bonchev–Trinajstić information content (AvgIpc) is 2.16. The summed E-state index contributed by atoms with van der Waals surface area (Å²) < 4.78 is 5.40. The smallest absolute Gasteiger partial charge is 0.0637 e. The number of ether oxygens (including phenoxy) is 1. The largest absolute Gasteiger partial charge is 0.379 e. The third-order valence-corrected chi connectivity index (χ3v) is 2.49. The molecule has 1 unspecified atom stereocenters. The Morgan fingerprint density at radius 3 is 2.50 bits per heavy atom. The molecule has 0 aliphatic heterocycles. The van der Waals surface area contributed by atoms with Crippen LogP contribution in [0, 0.1) is 11.8 Å². The highest BCUT2D eigenvalue weighted by Crippen LogP contribution is 2.17. The van der Waals surface area contributed by atoms with Crippen LogP contribution in [-0.4, -0.2) is 25.8 Å². The molecule has 82 valence electrons. The van der Waals surface area contributed by atoms with Gasteiger partial charge in [0, 0.05) is 19.6 Å². The van der Waals surface area contributed by atoms with Crippen LogP contribution in [0.5, 0.6) is 0 Å². The van der Waals surface area contributed by atoms with Crippen LogP contribution in [0.25, 0.3) is 0 Å². The normalized spacial score (nSPS) is 13.2. The van der Waals surface area contributed by atoms with Gasteiger partial charge in [-0.15, -0.1) is 11.8 Å². The summed E-state index contributed by atoms with van der Waals surface area (Å²) in [5, 5.41) is 3.30. The Hall–Kier alpha value is -0.520. The van der Waals surface area contributed by atoms with Crippen LogP contribution in [-0.2, 0) is 4.74 Å². The Kier molecular flexibility index (Phi) is 6.61. The number of nitrogens with one attached hydrogen (secondary N) is 1. The molecule has 2 nitrogen and oxygen atoms in total. The molecular weight excluding hydrogens is 174 g/mol. The van der Waals surface area contributed by atoms with Gasteiger partial charge in [-0.05, 0) is 40.7 Å². The maximum absolute atomic E-state index is 5.40. The van der Waals surface area contributed by atoms with E-state index in [2.05, 4.69) is 31.0 Å². The van der Waals surface area contributed by atoms with Gasteiger partial charge in [-0.2, -0.15) is 0 Å². The van der Waals surface area contributed by atoms with E-state index in [1.54, 1.807) is 7.11 Å². The van der Waals surface area contributed by atoms with Gasteiger partial charge in [0.25, 0.3) is 0 Å². The van der Waals surface area contributed by atoms with E-state index in [0.29, 0.717) is 6.04 Å². The lowest BCUT2D eigenvalue weighted by molar-refractivity contribution is 0.00713. The molecule has 0 amide bonds. The first-order valence-electron chi connectivity index (χ1n) is 5.17. The molecule has 0 aromatic carbocycles. The number of methoxy groups -OCH3 is 1. The Bertz CT molecular complexity index is 200. The Balaban J connectivity index is 3.94. The summed E-state index contributed by atoms with van der Waals surface area (Å²) in [6.45, 7) is 6.11. The van der Waals surface area contributed by atoms with Crippen molar-refractivity contribution >= 4 is 0 Å². The summed E-state index contributed by atoms with van der Waals surface area (Å²) in [6.07, 6.45) is 3.07. The van der Waals surface area contributed by atoms with E-state index in [4.69, 9.17) is 4.74 Å². The molecule has 0 aromatic heterocycles. The van der Waals surface area contributed by atoms with E-state index in [9.17, 15) is 0 Å². The monoisotopic (exact) mass is 197 g/mol. The highest BCUT2D eigenvalue weighted by molar-refractivity contribution is 4.95. The quantitative estimate of drug-likeness (QED) is 0.659. The van der Waals surface area contributed by atoms with Gasteiger partial charge in [-0.1, -0.05) is 0 Å². The molecule has 0 bridgehead atoms. The second kappa shape index (κ2) is 6.86. The average molecular weight is 197 g/mol. The zero-order valence-corrected chi connectivity index (χ0v) is 10.1. The summed E-state index contributed by atoms with van der Waals surface area (Å²) in [7, 11) is 3.76. The highest BCUT2D eigenvalue weighted by Gasteiger charge is 2.21. The minimum absolute atomic E-state index is 0.0483. The second-order valence-corrected chi connectivity index (χ2v) is 4.12. The maximum Gasteiger partial charge on any atom is 0.0637 e. The first kappa shape index (κ1) is 13.5. The zero-order chi connectivity index (χ0) is 11.0. The van der Waals surface area contributed by atoms with Crippen LogP contribution >= 0.6 is 0 Å². The van der Waals surface area contributed by atoms with Gasteiger partial charge in [-0.25, -0.2) is 0 Å². The Morgan fingerprint density at radius 1 is 1.43 bits per heavy atom. The van der Waals surface area contributed by atoms with Crippen molar-refractivity contribution in [3.05, 3.63) is 0 Å². The number of rotatable bonds is 6. The number of hydrogen-bond acceptors (Lipinski definition) is 2. The van der Waals surface area contributed by atoms with Crippen LogP contribution in [0.1, 0.15) is 40.0 Å². The molecule has 2 heteroatoms. The first-order valence-corrected chi connectivity index (χ1v) is 5.17. The fourth-order valence-corrected chi connectivity index (χ4v) is 1.40. The van der Waals surface area contributed by atoms with Crippen LogP contribution in [0.4, 0.5) is 0 Å². The fourth-order valence-electron chi connectivity index (χ4n) is 1.40. The third kappa shape index (κ3) is 6.01. The minimum Gasteiger partial charge on any atom is -0.379 e. The molecule has 0 rings (SSSR count). The molecule has 0 aromatic rings. The van der Waals surface area contributed by atoms with Crippen LogP contribution in [0.2, 0.25) is 0 Å². The van der Waals surface area contributed by atoms with Gasteiger partial charge in [-0.3, -0.25) is 0 Å². The van der Waals surface area contributed by atoms with Crippen LogP contribution in [0.15, 0.2) is 0 Å². The minimum atomic E-state index is -0.0483. The molecule has 14 heavy (non-hydrogen) atoms. The van der Waals surface area contributed by atoms with Gasteiger partial charge >= 0.3 is 0 Å². The molecule has 0 saturated carbocycles. The molecular formula is C12H23NO. The van der Waals surface area contributed by atoms with E-state index in [1.165, 1.54) is 0 Å². The Morgan fingerprint density at radius 2 is 2.07 bits per heavy atom. The molecule has 1 atom stereocenters. The molecule has 0 spiro atoms. The van der Waals surface area contributed by atoms with Crippen molar-refractivity contribution in [1.82, 2.24) is 5.32 Å². The highest BCUT2D eigenvalue weighted by atomic mass is 16.5. The summed E-state index contributed by atoms with van der Waals surface area (Å²) in [6, 6.07) is 0.491. The fraction of sp³-hybridized carbons (Fsp3) is 0.833. The van der Waals surface area contributed by atoms with Crippen molar-refractivity contribution in [2.45, 2.75) is 51.7 Å². The molecule has 0 saturated heterocycles. The van der Waals surface area contributed by atoms with E-state index < -0.39 is 0 Å². The lowest BCUT2D eigenvalue weighted by Crippen LogP contribution is -2.35. The van der Waals surface area contributed by atoms with E-state index in [1.807, 2.05) is 14.0 Å². The van der Waals surface area contributed by atoms with E-state index >= 15 is 0 Å². The zero-order valence-electron chi connectivity index (χ0n) is 10.1.